The van der Waals surface area contributed by atoms with Crippen molar-refractivity contribution in [2.45, 2.75) is 92.9 Å². The van der Waals surface area contributed by atoms with Crippen molar-refractivity contribution >= 4 is 28.4 Å². The molecule has 212 valence electrons. The molecule has 0 aliphatic rings. The summed E-state index contributed by atoms with van der Waals surface area (Å²) in [6, 6.07) is 18.7. The molecule has 0 aromatic heterocycles. The fourth-order valence-electron chi connectivity index (χ4n) is 4.67. The number of aryl methyl sites for hydroxylation is 2. The fraction of sp³-hybridized carbons (Fsp3) is 0.389. The van der Waals surface area contributed by atoms with Gasteiger partial charge >= 0.3 is 30.2 Å². The maximum atomic E-state index is 3.06. The third-order valence-electron chi connectivity index (χ3n) is 6.62. The van der Waals surface area contributed by atoms with Crippen molar-refractivity contribution in [3.8, 4) is 0 Å². The van der Waals surface area contributed by atoms with Gasteiger partial charge in [0.25, 0.3) is 0 Å². The van der Waals surface area contributed by atoms with Crippen molar-refractivity contribution in [1.29, 1.82) is 0 Å². The van der Waals surface area contributed by atoms with E-state index in [1.165, 1.54) is 78.3 Å². The van der Waals surface area contributed by atoms with Crippen molar-refractivity contribution in [1.82, 2.24) is 0 Å². The van der Waals surface area contributed by atoms with E-state index in [1.807, 2.05) is 0 Å². The van der Waals surface area contributed by atoms with Gasteiger partial charge in [0.2, 0.25) is 0 Å². The summed E-state index contributed by atoms with van der Waals surface area (Å²) in [5.74, 6) is 2.42. The summed E-state index contributed by atoms with van der Waals surface area (Å²) < 4.78 is 0. The van der Waals surface area contributed by atoms with E-state index >= 15 is 0 Å². The molecule has 0 unspecified atom stereocenters. The zero-order valence-electron chi connectivity index (χ0n) is 26.9. The van der Waals surface area contributed by atoms with E-state index in [0.29, 0.717) is 23.7 Å². The Morgan fingerprint density at radius 1 is 0.500 bits per heavy atom. The third kappa shape index (κ3) is 10.1. The van der Waals surface area contributed by atoms with E-state index < -0.39 is 0 Å². The zero-order valence-corrected chi connectivity index (χ0v) is 30.4. The van der Waals surface area contributed by atoms with Gasteiger partial charge in [0, 0.05) is 0 Å². The van der Waals surface area contributed by atoms with E-state index in [-0.39, 0.29) is 29.7 Å². The molecule has 0 aliphatic heterocycles. The molecule has 0 aliphatic carbocycles. The summed E-state index contributed by atoms with van der Waals surface area (Å²) in [5.41, 5.74) is 8.66. The van der Waals surface area contributed by atoms with E-state index in [4.69, 9.17) is 0 Å². The van der Waals surface area contributed by atoms with Crippen LogP contribution in [0.15, 0.2) is 48.5 Å². The van der Waals surface area contributed by atoms with Crippen LogP contribution in [0.5, 0.6) is 0 Å². The summed E-state index contributed by atoms with van der Waals surface area (Å²) in [6.45, 7) is 25.6. The van der Waals surface area contributed by atoms with Gasteiger partial charge in [-0.05, 0) is 23.7 Å². The van der Waals surface area contributed by atoms with Crippen LogP contribution in [0.3, 0.4) is 0 Å². The molecule has 0 nitrogen and oxygen atoms in total. The Balaban J connectivity index is -0.000000551. The minimum atomic E-state index is 0. The Morgan fingerprint density at radius 2 is 0.789 bits per heavy atom. The van der Waals surface area contributed by atoms with Crippen molar-refractivity contribution in [2.75, 3.05) is 0 Å². The molecule has 4 rings (SSSR count). The topological polar surface area (TPSA) is 0 Å². The first-order chi connectivity index (χ1) is 16.0. The molecular formula is C36H54SiZr-6. The number of benzene rings is 2. The predicted octanol–water partition coefficient (Wildman–Crippen LogP) is 11.6. The first kappa shape index (κ1) is 41.2. The van der Waals surface area contributed by atoms with Gasteiger partial charge in [0.15, 0.2) is 0 Å². The number of fused-ring (bicyclic) bond motifs is 2. The molecular weight excluding hydrogens is 552 g/mol. The van der Waals surface area contributed by atoms with Crippen LogP contribution >= 0.6 is 0 Å². The van der Waals surface area contributed by atoms with Gasteiger partial charge in [-0.25, -0.2) is 0 Å². The second-order valence-corrected chi connectivity index (χ2v) is 10.9. The van der Waals surface area contributed by atoms with E-state index in [1.54, 1.807) is 0 Å². The van der Waals surface area contributed by atoms with Crippen LogP contribution in [0.1, 0.15) is 112 Å². The van der Waals surface area contributed by atoms with Gasteiger partial charge in [-0.1, -0.05) is 104 Å². The van der Waals surface area contributed by atoms with E-state index in [0.717, 1.165) is 0 Å². The summed E-state index contributed by atoms with van der Waals surface area (Å²) >= 11 is 1.36. The monoisotopic (exact) mass is 604 g/mol. The Hall–Kier alpha value is -1.24. The SMILES string of the molecule is Cc1cc2c(C(C)C)cc(C(C)C)cc2[cH-]1.Cc1cc2c(C(C)C)cc(C(C)C)cc2[cH-]1.[CH3-].[CH3-].[CH3-].[CH3-].[Si]=[Zr]. The van der Waals surface area contributed by atoms with Crippen LogP contribution < -0.4 is 0 Å². The minimum absolute atomic E-state index is 0. The Labute approximate surface area is 254 Å². The Bertz CT molecular complexity index is 1120. The standard InChI is InChI=1S/2C16H21.4CH3.Si.Zr/c2*1-10(2)13-8-14-6-12(5)7-16(14)15(9-13)11(3)4;;;;;;/h2*6-11H,1-5H3;4*1H3;;/q6*-1;;. The van der Waals surface area contributed by atoms with Crippen molar-refractivity contribution in [2.24, 2.45) is 0 Å². The average molecular weight is 606 g/mol. The van der Waals surface area contributed by atoms with Crippen LogP contribution in [0, 0.1) is 43.6 Å². The first-order valence-electron chi connectivity index (χ1n) is 12.6. The molecule has 2 heteroatoms. The number of rotatable bonds is 4. The molecule has 0 saturated heterocycles. The van der Waals surface area contributed by atoms with Crippen LogP contribution in [-0.4, -0.2) is 6.88 Å². The molecule has 0 spiro atoms. The predicted molar refractivity (Wildman–Crippen MR) is 176 cm³/mol. The van der Waals surface area contributed by atoms with Crippen molar-refractivity contribution in [3.63, 3.8) is 0 Å². The zero-order chi connectivity index (χ0) is 25.7. The Kier molecular flexibility index (Phi) is 19.7. The summed E-state index contributed by atoms with van der Waals surface area (Å²) in [4.78, 5) is 0. The number of hydrogen-bond acceptors (Lipinski definition) is 0. The molecule has 0 fully saturated rings. The van der Waals surface area contributed by atoms with Gasteiger partial charge in [-0.2, -0.15) is 12.1 Å². The molecule has 0 heterocycles. The first-order valence-corrected chi connectivity index (χ1v) is 16.8. The second-order valence-electron chi connectivity index (χ2n) is 10.9. The summed E-state index contributed by atoms with van der Waals surface area (Å²) in [7, 11) is 0. The Morgan fingerprint density at radius 3 is 1.03 bits per heavy atom. The molecule has 0 atom stereocenters. The maximum absolute atomic E-state index is 3.06. The van der Waals surface area contributed by atoms with Crippen LogP contribution in [0.2, 0.25) is 0 Å². The van der Waals surface area contributed by atoms with Gasteiger partial charge < -0.3 is 29.7 Å². The normalized spacial score (nSPS) is 10.1. The fourth-order valence-corrected chi connectivity index (χ4v) is 4.67. The van der Waals surface area contributed by atoms with Crippen molar-refractivity contribution in [3.05, 3.63) is 112 Å². The summed E-state index contributed by atoms with van der Waals surface area (Å²) in [6.07, 6.45) is 0. The van der Waals surface area contributed by atoms with E-state index in [2.05, 4.69) is 125 Å². The van der Waals surface area contributed by atoms with Gasteiger partial charge in [0.05, 0.1) is 0 Å². The quantitative estimate of drug-likeness (QED) is 0.160. The van der Waals surface area contributed by atoms with E-state index in [9.17, 15) is 0 Å². The molecule has 0 bridgehead atoms. The molecule has 4 aromatic carbocycles. The molecule has 4 aromatic rings. The van der Waals surface area contributed by atoms with Gasteiger partial charge in [0.1, 0.15) is 0 Å². The van der Waals surface area contributed by atoms with Crippen molar-refractivity contribution < 1.29 is 23.3 Å². The molecule has 38 heavy (non-hydrogen) atoms. The summed E-state index contributed by atoms with van der Waals surface area (Å²) in [5, 5.41) is 5.70. The average Bonchev–Trinajstić information content (AvgIpc) is 3.33. The molecule has 0 N–H and O–H groups in total. The van der Waals surface area contributed by atoms with Crippen LogP contribution in [0.25, 0.3) is 21.5 Å². The number of hydrogen-bond donors (Lipinski definition) is 0. The molecule has 0 saturated carbocycles. The molecule has 0 amide bonds. The van der Waals surface area contributed by atoms with Gasteiger partial charge in [-0.15, -0.1) is 56.9 Å². The van der Waals surface area contributed by atoms with Gasteiger partial charge in [-0.3, -0.25) is 0 Å². The second kappa shape index (κ2) is 18.2. The third-order valence-corrected chi connectivity index (χ3v) is 6.62. The van der Waals surface area contributed by atoms with Crippen LogP contribution in [0.4, 0.5) is 0 Å². The van der Waals surface area contributed by atoms with Crippen LogP contribution in [-0.2, 0) is 23.3 Å². The molecule has 2 radical (unpaired) electrons.